The Bertz CT molecular complexity index is 558. The van der Waals surface area contributed by atoms with Crippen molar-refractivity contribution in [3.8, 4) is 0 Å². The van der Waals surface area contributed by atoms with Crippen LogP contribution in [0.25, 0.3) is 0 Å². The lowest BCUT2D eigenvalue weighted by Crippen LogP contribution is -2.14. The predicted octanol–water partition coefficient (Wildman–Crippen LogP) is 2.25. The molecule has 0 bridgehead atoms. The molecule has 0 unspecified atom stereocenters. The van der Waals surface area contributed by atoms with Crippen LogP contribution in [-0.4, -0.2) is 19.6 Å². The van der Waals surface area contributed by atoms with Gasteiger partial charge in [0.2, 0.25) is 5.95 Å². The van der Waals surface area contributed by atoms with Crippen LogP contribution in [0.4, 0.5) is 4.39 Å². The molecule has 0 fully saturated rings. The van der Waals surface area contributed by atoms with Crippen LogP contribution in [0.2, 0.25) is 0 Å². The van der Waals surface area contributed by atoms with Crippen LogP contribution >= 0.6 is 0 Å². The van der Waals surface area contributed by atoms with Crippen molar-refractivity contribution in [2.24, 2.45) is 0 Å². The fourth-order valence-corrected chi connectivity index (χ4v) is 2.18. The molecule has 2 aromatic heterocycles. The summed E-state index contributed by atoms with van der Waals surface area (Å²) in [7, 11) is 0. The van der Waals surface area contributed by atoms with Crippen molar-refractivity contribution < 1.29 is 4.39 Å². The molecule has 0 spiro atoms. The first kappa shape index (κ1) is 14.7. The van der Waals surface area contributed by atoms with Gasteiger partial charge in [0.25, 0.3) is 0 Å². The molecular weight excluding hydrogens is 257 g/mol. The lowest BCUT2D eigenvalue weighted by atomic mass is 10.2. The summed E-state index contributed by atoms with van der Waals surface area (Å²) >= 11 is 0. The van der Waals surface area contributed by atoms with Gasteiger partial charge in [-0.1, -0.05) is 6.92 Å². The highest BCUT2D eigenvalue weighted by atomic mass is 19.1. The summed E-state index contributed by atoms with van der Waals surface area (Å²) in [4.78, 5) is 0. The number of aromatic nitrogens is 4. The molecule has 0 aliphatic heterocycles. The molecule has 0 atom stereocenters. The Labute approximate surface area is 118 Å². The summed E-state index contributed by atoms with van der Waals surface area (Å²) in [6.45, 7) is 8.49. The van der Waals surface area contributed by atoms with Gasteiger partial charge < -0.3 is 5.32 Å². The molecule has 0 saturated carbocycles. The minimum Gasteiger partial charge on any atom is -0.308 e. The Morgan fingerprint density at radius 3 is 2.75 bits per heavy atom. The summed E-state index contributed by atoms with van der Waals surface area (Å²) in [6.07, 6.45) is 4.94. The zero-order valence-corrected chi connectivity index (χ0v) is 12.4. The zero-order chi connectivity index (χ0) is 14.5. The first-order valence-corrected chi connectivity index (χ1v) is 7.09. The van der Waals surface area contributed by atoms with E-state index in [1.807, 2.05) is 30.9 Å². The number of nitrogens with one attached hydrogen (secondary N) is 1. The summed E-state index contributed by atoms with van der Waals surface area (Å²) in [6, 6.07) is 0. The minimum absolute atomic E-state index is 0.237. The molecule has 0 aliphatic carbocycles. The molecule has 2 aromatic rings. The average molecular weight is 279 g/mol. The summed E-state index contributed by atoms with van der Waals surface area (Å²) < 4.78 is 17.3. The van der Waals surface area contributed by atoms with Gasteiger partial charge in [-0.05, 0) is 20.3 Å². The lowest BCUT2D eigenvalue weighted by Gasteiger charge is -2.02. The molecule has 0 aliphatic rings. The number of hydrogen-bond donors (Lipinski definition) is 1. The first-order chi connectivity index (χ1) is 9.65. The molecular formula is C14H22FN5. The van der Waals surface area contributed by atoms with Crippen molar-refractivity contribution in [2.45, 2.75) is 53.4 Å². The van der Waals surface area contributed by atoms with Gasteiger partial charge in [0.15, 0.2) is 0 Å². The number of halogens is 1. The van der Waals surface area contributed by atoms with E-state index < -0.39 is 0 Å². The van der Waals surface area contributed by atoms with Crippen molar-refractivity contribution in [3.63, 3.8) is 0 Å². The molecule has 5 nitrogen and oxygen atoms in total. The quantitative estimate of drug-likeness (QED) is 0.845. The van der Waals surface area contributed by atoms with Crippen LogP contribution in [0.15, 0.2) is 12.4 Å². The summed E-state index contributed by atoms with van der Waals surface area (Å²) in [5.41, 5.74) is 2.51. The van der Waals surface area contributed by atoms with Gasteiger partial charge >= 0.3 is 0 Å². The minimum atomic E-state index is -0.237. The third-order valence-corrected chi connectivity index (χ3v) is 3.25. The summed E-state index contributed by atoms with van der Waals surface area (Å²) in [5.74, 6) is -0.237. The van der Waals surface area contributed by atoms with Gasteiger partial charge in [-0.25, -0.2) is 4.68 Å². The van der Waals surface area contributed by atoms with Crippen LogP contribution in [0, 0.1) is 12.9 Å². The third-order valence-electron chi connectivity index (χ3n) is 3.25. The highest BCUT2D eigenvalue weighted by Crippen LogP contribution is 2.12. The zero-order valence-electron chi connectivity index (χ0n) is 12.4. The van der Waals surface area contributed by atoms with E-state index in [0.29, 0.717) is 25.2 Å². The van der Waals surface area contributed by atoms with E-state index in [1.54, 1.807) is 0 Å². The van der Waals surface area contributed by atoms with Crippen LogP contribution < -0.4 is 5.32 Å². The largest absolute Gasteiger partial charge is 0.308 e. The fraction of sp³-hybridized carbons (Fsp3) is 0.571. The molecule has 0 amide bonds. The highest BCUT2D eigenvalue weighted by Gasteiger charge is 2.13. The Hall–Kier alpha value is -1.69. The average Bonchev–Trinajstić information content (AvgIpc) is 2.98. The Kier molecular flexibility index (Phi) is 4.89. The van der Waals surface area contributed by atoms with E-state index in [9.17, 15) is 4.39 Å². The molecule has 6 heteroatoms. The van der Waals surface area contributed by atoms with E-state index in [0.717, 1.165) is 24.2 Å². The second-order valence-corrected chi connectivity index (χ2v) is 4.89. The molecule has 20 heavy (non-hydrogen) atoms. The van der Waals surface area contributed by atoms with Crippen LogP contribution in [0.1, 0.15) is 37.1 Å². The topological polar surface area (TPSA) is 47.7 Å². The first-order valence-electron chi connectivity index (χ1n) is 7.09. The van der Waals surface area contributed by atoms with Crippen LogP contribution in [0.5, 0.6) is 0 Å². The van der Waals surface area contributed by atoms with Crippen molar-refractivity contribution in [2.75, 3.05) is 0 Å². The van der Waals surface area contributed by atoms with Crippen molar-refractivity contribution in [3.05, 3.63) is 35.2 Å². The molecule has 0 aromatic carbocycles. The van der Waals surface area contributed by atoms with Crippen LogP contribution in [0.3, 0.4) is 0 Å². The third kappa shape index (κ3) is 3.25. The highest BCUT2D eigenvalue weighted by molar-refractivity contribution is 5.17. The van der Waals surface area contributed by atoms with E-state index in [-0.39, 0.29) is 5.95 Å². The Balaban J connectivity index is 1.90. The van der Waals surface area contributed by atoms with E-state index in [1.165, 1.54) is 4.68 Å². The van der Waals surface area contributed by atoms with Crippen molar-refractivity contribution in [1.82, 2.24) is 24.9 Å². The molecule has 2 rings (SSSR count). The predicted molar refractivity (Wildman–Crippen MR) is 75.7 cm³/mol. The van der Waals surface area contributed by atoms with Gasteiger partial charge in [-0.3, -0.25) is 4.68 Å². The SMILES string of the molecule is CCCn1cc(CNCc2c(C)nn(CC)c2F)cn1. The van der Waals surface area contributed by atoms with E-state index >= 15 is 0 Å². The number of rotatable bonds is 7. The molecule has 2 heterocycles. The van der Waals surface area contributed by atoms with Gasteiger partial charge in [0, 0.05) is 43.5 Å². The number of hydrogen-bond acceptors (Lipinski definition) is 3. The second kappa shape index (κ2) is 6.65. The van der Waals surface area contributed by atoms with Gasteiger partial charge in [-0.2, -0.15) is 14.6 Å². The molecule has 110 valence electrons. The maximum Gasteiger partial charge on any atom is 0.216 e. The Morgan fingerprint density at radius 2 is 2.10 bits per heavy atom. The standard InChI is InChI=1S/C14H22FN5/c1-4-6-19-10-12(8-17-19)7-16-9-13-11(3)18-20(5-2)14(13)15/h8,10,16H,4-7,9H2,1-3H3. The monoisotopic (exact) mass is 279 g/mol. The smallest absolute Gasteiger partial charge is 0.216 e. The number of aryl methyl sites for hydroxylation is 3. The van der Waals surface area contributed by atoms with Crippen molar-refractivity contribution in [1.29, 1.82) is 0 Å². The van der Waals surface area contributed by atoms with Gasteiger partial charge in [0.1, 0.15) is 0 Å². The Morgan fingerprint density at radius 1 is 1.30 bits per heavy atom. The van der Waals surface area contributed by atoms with Crippen LogP contribution in [-0.2, 0) is 26.2 Å². The summed E-state index contributed by atoms with van der Waals surface area (Å²) in [5, 5.41) is 11.7. The lowest BCUT2D eigenvalue weighted by molar-refractivity contribution is 0.460. The normalized spacial score (nSPS) is 11.2. The molecule has 0 saturated heterocycles. The fourth-order valence-electron chi connectivity index (χ4n) is 2.18. The second-order valence-electron chi connectivity index (χ2n) is 4.89. The molecule has 1 N–H and O–H groups in total. The number of nitrogens with zero attached hydrogens (tertiary/aromatic N) is 4. The van der Waals surface area contributed by atoms with Crippen molar-refractivity contribution >= 4 is 0 Å². The maximum atomic E-state index is 14.0. The molecule has 0 radical (unpaired) electrons. The maximum absolute atomic E-state index is 14.0. The van der Waals surface area contributed by atoms with Gasteiger partial charge in [0.05, 0.1) is 11.9 Å². The van der Waals surface area contributed by atoms with Gasteiger partial charge in [-0.15, -0.1) is 0 Å². The van der Waals surface area contributed by atoms with E-state index in [2.05, 4.69) is 22.4 Å². The van der Waals surface area contributed by atoms with E-state index in [4.69, 9.17) is 0 Å².